The highest BCUT2D eigenvalue weighted by Gasteiger charge is 2.35. The van der Waals surface area contributed by atoms with E-state index in [1.807, 2.05) is 12.1 Å². The Balaban J connectivity index is 1.42. The van der Waals surface area contributed by atoms with Gasteiger partial charge < -0.3 is 20.3 Å². The van der Waals surface area contributed by atoms with Crippen molar-refractivity contribution in [1.29, 1.82) is 0 Å². The lowest BCUT2D eigenvalue weighted by molar-refractivity contribution is -0.0718. The van der Waals surface area contributed by atoms with Gasteiger partial charge >= 0.3 is 6.09 Å². The second-order valence-electron chi connectivity index (χ2n) is 8.75. The molecule has 3 N–H and O–H groups in total. The maximum absolute atomic E-state index is 13.5. The molecule has 1 heterocycles. The van der Waals surface area contributed by atoms with Crippen molar-refractivity contribution in [3.8, 4) is 0 Å². The van der Waals surface area contributed by atoms with Crippen LogP contribution in [0.25, 0.3) is 0 Å². The van der Waals surface area contributed by atoms with Crippen molar-refractivity contribution >= 4 is 11.8 Å². The number of nitrogens with zero attached hydrogens (tertiary/aromatic N) is 1. The first kappa shape index (κ1) is 24.8. The van der Waals surface area contributed by atoms with Gasteiger partial charge in [-0.25, -0.2) is 13.6 Å². The summed E-state index contributed by atoms with van der Waals surface area (Å²) in [5.41, 5.74) is 3.16. The summed E-state index contributed by atoms with van der Waals surface area (Å²) in [6, 6.07) is 19.1. The molecule has 1 aliphatic rings. The van der Waals surface area contributed by atoms with E-state index in [-0.39, 0.29) is 36.3 Å². The number of carboxylic acid groups (broad SMARTS) is 1. The van der Waals surface area contributed by atoms with E-state index in [1.54, 1.807) is 36.4 Å². The first-order chi connectivity index (χ1) is 16.8. The normalized spacial score (nSPS) is 20.1. The van der Waals surface area contributed by atoms with Gasteiger partial charge in [-0.1, -0.05) is 36.4 Å². The average molecular weight is 483 g/mol. The van der Waals surface area contributed by atoms with Crippen LogP contribution in [0.5, 0.6) is 0 Å². The number of benzene rings is 3. The molecular weight excluding hydrogens is 454 g/mol. The molecule has 184 valence electrons. The second-order valence-corrected chi connectivity index (χ2v) is 8.75. The molecule has 0 aromatic heterocycles. The third kappa shape index (κ3) is 6.03. The van der Waals surface area contributed by atoms with Gasteiger partial charge in [0.2, 0.25) is 0 Å². The SMILES string of the molecule is CN(C(=O)O)c1ccc(CN[C@@H]2CO[C@H](C(c3ccc(F)cc3)c3ccc(F)cc3)C[C@@H]2O)cc1. The van der Waals surface area contributed by atoms with Gasteiger partial charge in [-0.2, -0.15) is 0 Å². The van der Waals surface area contributed by atoms with E-state index < -0.39 is 12.2 Å². The molecule has 0 saturated carbocycles. The summed E-state index contributed by atoms with van der Waals surface area (Å²) in [6.45, 7) is 0.747. The van der Waals surface area contributed by atoms with Crippen molar-refractivity contribution in [2.75, 3.05) is 18.6 Å². The quantitative estimate of drug-likeness (QED) is 0.461. The Bertz CT molecular complexity index is 1080. The number of anilines is 1. The van der Waals surface area contributed by atoms with E-state index in [0.29, 0.717) is 18.7 Å². The number of nitrogens with one attached hydrogen (secondary N) is 1. The van der Waals surface area contributed by atoms with Crippen LogP contribution in [0.15, 0.2) is 72.8 Å². The summed E-state index contributed by atoms with van der Waals surface area (Å²) >= 11 is 0. The van der Waals surface area contributed by atoms with Gasteiger partial charge in [0.05, 0.1) is 24.9 Å². The summed E-state index contributed by atoms with van der Waals surface area (Å²) in [4.78, 5) is 12.2. The highest BCUT2D eigenvalue weighted by molar-refractivity contribution is 5.85. The molecule has 3 atom stereocenters. The molecule has 0 radical (unpaired) electrons. The number of ether oxygens (including phenoxy) is 1. The van der Waals surface area contributed by atoms with Crippen molar-refractivity contribution in [2.24, 2.45) is 0 Å². The molecule has 1 fully saturated rings. The lowest BCUT2D eigenvalue weighted by Gasteiger charge is -2.38. The van der Waals surface area contributed by atoms with Crippen LogP contribution in [0.3, 0.4) is 0 Å². The number of halogens is 2. The molecule has 8 heteroatoms. The molecule has 0 aliphatic carbocycles. The number of aliphatic hydroxyl groups excluding tert-OH is 1. The molecule has 0 spiro atoms. The Morgan fingerprint density at radius 2 is 1.54 bits per heavy atom. The van der Waals surface area contributed by atoms with E-state index in [9.17, 15) is 18.7 Å². The van der Waals surface area contributed by atoms with E-state index in [4.69, 9.17) is 9.84 Å². The van der Waals surface area contributed by atoms with E-state index in [0.717, 1.165) is 21.6 Å². The molecule has 0 bridgehead atoms. The Hall–Kier alpha value is -3.33. The van der Waals surface area contributed by atoms with Crippen LogP contribution < -0.4 is 10.2 Å². The van der Waals surface area contributed by atoms with Crippen LogP contribution in [-0.2, 0) is 11.3 Å². The first-order valence-electron chi connectivity index (χ1n) is 11.4. The molecule has 3 aromatic carbocycles. The molecule has 1 amide bonds. The van der Waals surface area contributed by atoms with Crippen LogP contribution in [0, 0.1) is 11.6 Å². The minimum Gasteiger partial charge on any atom is -0.465 e. The predicted octanol–water partition coefficient (Wildman–Crippen LogP) is 4.52. The molecule has 3 aromatic rings. The number of aliphatic hydroxyl groups is 1. The fraction of sp³-hybridized carbons (Fsp3) is 0.296. The molecular formula is C27H28F2N2O4. The minimum absolute atomic E-state index is 0.268. The number of hydrogen-bond acceptors (Lipinski definition) is 4. The third-order valence-electron chi connectivity index (χ3n) is 6.44. The van der Waals surface area contributed by atoms with Crippen molar-refractivity contribution in [3.63, 3.8) is 0 Å². The molecule has 0 unspecified atom stereocenters. The van der Waals surface area contributed by atoms with Crippen LogP contribution in [0.4, 0.5) is 19.3 Å². The molecule has 6 nitrogen and oxygen atoms in total. The number of carbonyl (C=O) groups is 1. The summed E-state index contributed by atoms with van der Waals surface area (Å²) in [5, 5.41) is 23.3. The predicted molar refractivity (Wildman–Crippen MR) is 129 cm³/mol. The molecule has 1 aliphatic heterocycles. The second kappa shape index (κ2) is 10.9. The number of hydrogen-bond donors (Lipinski definition) is 3. The van der Waals surface area contributed by atoms with Crippen molar-refractivity contribution in [1.82, 2.24) is 5.32 Å². The molecule has 35 heavy (non-hydrogen) atoms. The van der Waals surface area contributed by atoms with Crippen LogP contribution in [0.2, 0.25) is 0 Å². The third-order valence-corrected chi connectivity index (χ3v) is 6.44. The largest absolute Gasteiger partial charge is 0.465 e. The van der Waals surface area contributed by atoms with Gasteiger partial charge in [0, 0.05) is 31.6 Å². The zero-order chi connectivity index (χ0) is 24.9. The highest BCUT2D eigenvalue weighted by Crippen LogP contribution is 2.35. The monoisotopic (exact) mass is 482 g/mol. The summed E-state index contributed by atoms with van der Waals surface area (Å²) in [7, 11) is 1.48. The Kier molecular flexibility index (Phi) is 7.75. The first-order valence-corrected chi connectivity index (χ1v) is 11.4. The smallest absolute Gasteiger partial charge is 0.411 e. The molecule has 4 rings (SSSR count). The van der Waals surface area contributed by atoms with Gasteiger partial charge in [0.25, 0.3) is 0 Å². The van der Waals surface area contributed by atoms with Crippen molar-refractivity contribution in [2.45, 2.75) is 37.1 Å². The van der Waals surface area contributed by atoms with Crippen LogP contribution >= 0.6 is 0 Å². The molecule has 1 saturated heterocycles. The maximum atomic E-state index is 13.5. The zero-order valence-electron chi connectivity index (χ0n) is 19.3. The average Bonchev–Trinajstić information content (AvgIpc) is 2.86. The van der Waals surface area contributed by atoms with E-state index >= 15 is 0 Å². The van der Waals surface area contributed by atoms with E-state index in [2.05, 4.69) is 5.32 Å². The van der Waals surface area contributed by atoms with Crippen molar-refractivity contribution in [3.05, 3.63) is 101 Å². The Morgan fingerprint density at radius 3 is 2.03 bits per heavy atom. The van der Waals surface area contributed by atoms with Gasteiger partial charge in [-0.05, 0) is 53.1 Å². The Labute approximate surface area is 202 Å². The van der Waals surface area contributed by atoms with Gasteiger partial charge in [0.15, 0.2) is 0 Å². The lowest BCUT2D eigenvalue weighted by atomic mass is 9.82. The summed E-state index contributed by atoms with van der Waals surface area (Å²) < 4.78 is 33.2. The summed E-state index contributed by atoms with van der Waals surface area (Å²) in [5.74, 6) is -0.975. The standard InChI is InChI=1S/C27H28F2N2O4/c1-31(27(33)34)22-12-2-17(3-13-22)15-30-23-16-35-25(14-24(23)32)26(18-4-8-20(28)9-5-18)19-6-10-21(29)11-7-19/h2-13,23-26,30,32H,14-16H2,1H3,(H,33,34)/t23-,24+,25+/m1/s1. The maximum Gasteiger partial charge on any atom is 0.411 e. The van der Waals surface area contributed by atoms with Gasteiger partial charge in [0.1, 0.15) is 11.6 Å². The van der Waals surface area contributed by atoms with Crippen molar-refractivity contribution < 1.29 is 28.5 Å². The topological polar surface area (TPSA) is 82.0 Å². The number of rotatable bonds is 7. The lowest BCUT2D eigenvalue weighted by Crippen LogP contribution is -2.50. The number of amides is 1. The van der Waals surface area contributed by atoms with Crippen LogP contribution in [-0.4, -0.2) is 48.2 Å². The Morgan fingerprint density at radius 1 is 1.00 bits per heavy atom. The van der Waals surface area contributed by atoms with Gasteiger partial charge in [-0.15, -0.1) is 0 Å². The summed E-state index contributed by atoms with van der Waals surface area (Å²) in [6.07, 6.45) is -1.74. The highest BCUT2D eigenvalue weighted by atomic mass is 19.1. The van der Waals surface area contributed by atoms with E-state index in [1.165, 1.54) is 31.3 Å². The minimum atomic E-state index is -1.03. The fourth-order valence-corrected chi connectivity index (χ4v) is 4.39. The fourth-order valence-electron chi connectivity index (χ4n) is 4.39. The van der Waals surface area contributed by atoms with Gasteiger partial charge in [-0.3, -0.25) is 4.90 Å². The zero-order valence-corrected chi connectivity index (χ0v) is 19.3. The van der Waals surface area contributed by atoms with Crippen LogP contribution in [0.1, 0.15) is 29.0 Å².